The number of carboxylic acid groups (broad SMARTS) is 1. The van der Waals surface area contributed by atoms with Gasteiger partial charge in [0.05, 0.1) is 0 Å². The van der Waals surface area contributed by atoms with E-state index in [4.69, 9.17) is 5.11 Å². The molecule has 1 aromatic heterocycles. The van der Waals surface area contributed by atoms with Gasteiger partial charge < -0.3 is 5.11 Å². The van der Waals surface area contributed by atoms with Crippen molar-refractivity contribution in [3.05, 3.63) is 11.6 Å². The Bertz CT molecular complexity index is 317. The van der Waals surface area contributed by atoms with Crippen LogP contribution in [0.15, 0.2) is 0 Å². The average Bonchev–Trinajstić information content (AvgIpc) is 2.29. The summed E-state index contributed by atoms with van der Waals surface area (Å²) >= 11 is 0. The Morgan fingerprint density at radius 2 is 2.23 bits per heavy atom. The fourth-order valence-corrected chi connectivity index (χ4v) is 1.14. The van der Waals surface area contributed by atoms with Crippen LogP contribution in [0, 0.1) is 6.92 Å². The van der Waals surface area contributed by atoms with Crippen LogP contribution < -0.4 is 0 Å². The van der Waals surface area contributed by atoms with E-state index < -0.39 is 5.97 Å². The van der Waals surface area contributed by atoms with Gasteiger partial charge >= 0.3 is 5.97 Å². The molecule has 0 aliphatic carbocycles. The molecule has 0 aliphatic rings. The summed E-state index contributed by atoms with van der Waals surface area (Å²) in [6.07, 6.45) is 0. The van der Waals surface area contributed by atoms with Gasteiger partial charge in [0.15, 0.2) is 0 Å². The second-order valence-electron chi connectivity index (χ2n) is 3.22. The first kappa shape index (κ1) is 9.70. The highest BCUT2D eigenvalue weighted by molar-refractivity contribution is 5.66. The van der Waals surface area contributed by atoms with Crippen molar-refractivity contribution in [1.29, 1.82) is 0 Å². The zero-order valence-corrected chi connectivity index (χ0v) is 7.98. The molecule has 0 aromatic carbocycles. The largest absolute Gasteiger partial charge is 0.480 e. The molecule has 5 nitrogen and oxygen atoms in total. The topological polar surface area (TPSA) is 68.0 Å². The van der Waals surface area contributed by atoms with Crippen LogP contribution in [0.2, 0.25) is 0 Å². The van der Waals surface area contributed by atoms with Crippen LogP contribution in [0.1, 0.15) is 31.4 Å². The van der Waals surface area contributed by atoms with Crippen LogP contribution in [0.4, 0.5) is 0 Å². The normalized spacial score (nSPS) is 10.8. The van der Waals surface area contributed by atoms with E-state index in [-0.39, 0.29) is 12.5 Å². The molecule has 0 fully saturated rings. The Morgan fingerprint density at radius 3 is 2.69 bits per heavy atom. The molecule has 5 heteroatoms. The van der Waals surface area contributed by atoms with Crippen molar-refractivity contribution in [2.24, 2.45) is 0 Å². The second-order valence-corrected chi connectivity index (χ2v) is 3.22. The number of carbonyl (C=O) groups is 1. The summed E-state index contributed by atoms with van der Waals surface area (Å²) < 4.78 is 1.43. The minimum atomic E-state index is -0.896. The maximum atomic E-state index is 10.5. The summed E-state index contributed by atoms with van der Waals surface area (Å²) in [6.45, 7) is 5.56. The van der Waals surface area contributed by atoms with Crippen LogP contribution in [0.5, 0.6) is 0 Å². The van der Waals surface area contributed by atoms with Crippen LogP contribution >= 0.6 is 0 Å². The first-order chi connectivity index (χ1) is 6.00. The molecule has 0 spiro atoms. The Kier molecular flexibility index (Phi) is 2.65. The Labute approximate surface area is 76.4 Å². The van der Waals surface area contributed by atoms with Crippen molar-refractivity contribution >= 4 is 5.97 Å². The zero-order valence-electron chi connectivity index (χ0n) is 7.98. The Morgan fingerprint density at radius 1 is 1.62 bits per heavy atom. The van der Waals surface area contributed by atoms with Gasteiger partial charge in [-0.25, -0.2) is 9.67 Å². The summed E-state index contributed by atoms with van der Waals surface area (Å²) in [4.78, 5) is 14.6. The summed E-state index contributed by atoms with van der Waals surface area (Å²) in [7, 11) is 0. The number of carboxylic acids is 1. The monoisotopic (exact) mass is 183 g/mol. The second kappa shape index (κ2) is 3.55. The lowest BCUT2D eigenvalue weighted by Gasteiger charge is -2.04. The number of aromatic nitrogens is 3. The number of rotatable bonds is 3. The number of hydrogen-bond acceptors (Lipinski definition) is 3. The molecule has 1 aromatic rings. The molecule has 1 heterocycles. The molecule has 1 rings (SSSR count). The third kappa shape index (κ3) is 2.27. The van der Waals surface area contributed by atoms with Crippen molar-refractivity contribution in [1.82, 2.24) is 14.8 Å². The molecule has 0 radical (unpaired) electrons. The summed E-state index contributed by atoms with van der Waals surface area (Å²) in [5.74, 6) is 0.636. The van der Waals surface area contributed by atoms with Gasteiger partial charge in [-0.15, -0.1) is 0 Å². The molecule has 72 valence electrons. The lowest BCUT2D eigenvalue weighted by Crippen LogP contribution is -2.14. The molecule has 0 amide bonds. The number of aliphatic carboxylic acids is 1. The standard InChI is InChI=1S/C8H13N3O2/c1-5(2)8-9-6(3)10-11(8)4-7(12)13/h5H,4H2,1-3H3,(H,12,13). The smallest absolute Gasteiger partial charge is 0.325 e. The highest BCUT2D eigenvalue weighted by Crippen LogP contribution is 2.11. The molecule has 1 N–H and O–H groups in total. The number of hydrogen-bond donors (Lipinski definition) is 1. The van der Waals surface area contributed by atoms with Gasteiger partial charge in [0.25, 0.3) is 0 Å². The molecule has 0 saturated carbocycles. The number of aryl methyl sites for hydroxylation is 1. The van der Waals surface area contributed by atoms with Crippen molar-refractivity contribution in [2.45, 2.75) is 33.2 Å². The van der Waals surface area contributed by atoms with Crippen LogP contribution in [-0.4, -0.2) is 25.8 Å². The van der Waals surface area contributed by atoms with Gasteiger partial charge in [-0.05, 0) is 6.92 Å². The highest BCUT2D eigenvalue weighted by atomic mass is 16.4. The van der Waals surface area contributed by atoms with Crippen LogP contribution in [0.25, 0.3) is 0 Å². The first-order valence-electron chi connectivity index (χ1n) is 4.14. The quantitative estimate of drug-likeness (QED) is 0.752. The first-order valence-corrected chi connectivity index (χ1v) is 4.14. The van der Waals surface area contributed by atoms with Gasteiger partial charge in [-0.2, -0.15) is 5.10 Å². The third-order valence-corrected chi connectivity index (χ3v) is 1.61. The minimum absolute atomic E-state index is 0.117. The van der Waals surface area contributed by atoms with Crippen molar-refractivity contribution in [2.75, 3.05) is 0 Å². The van der Waals surface area contributed by atoms with Gasteiger partial charge in [0.2, 0.25) is 0 Å². The van der Waals surface area contributed by atoms with E-state index >= 15 is 0 Å². The van der Waals surface area contributed by atoms with E-state index in [1.807, 2.05) is 13.8 Å². The maximum absolute atomic E-state index is 10.5. The molecule has 0 unspecified atom stereocenters. The average molecular weight is 183 g/mol. The van der Waals surface area contributed by atoms with Gasteiger partial charge in [0, 0.05) is 5.92 Å². The van der Waals surface area contributed by atoms with E-state index in [9.17, 15) is 4.79 Å². The molecule has 0 bridgehead atoms. The van der Waals surface area contributed by atoms with Crippen molar-refractivity contribution in [3.8, 4) is 0 Å². The zero-order chi connectivity index (χ0) is 10.0. The van der Waals surface area contributed by atoms with E-state index in [2.05, 4.69) is 10.1 Å². The number of nitrogens with zero attached hydrogens (tertiary/aromatic N) is 3. The fourth-order valence-electron chi connectivity index (χ4n) is 1.14. The predicted octanol–water partition coefficient (Wildman–Crippen LogP) is 0.795. The van der Waals surface area contributed by atoms with Gasteiger partial charge in [-0.3, -0.25) is 4.79 Å². The molecular weight excluding hydrogens is 170 g/mol. The SMILES string of the molecule is Cc1nc(C(C)C)n(CC(=O)O)n1. The fraction of sp³-hybridized carbons (Fsp3) is 0.625. The lowest BCUT2D eigenvalue weighted by molar-refractivity contribution is -0.137. The predicted molar refractivity (Wildman–Crippen MR) is 46.5 cm³/mol. The summed E-state index contributed by atoms with van der Waals surface area (Å²) in [6, 6.07) is 0. The van der Waals surface area contributed by atoms with E-state index in [1.54, 1.807) is 6.92 Å². The van der Waals surface area contributed by atoms with Crippen LogP contribution in [0.3, 0.4) is 0 Å². The molecular formula is C8H13N3O2. The molecule has 0 aliphatic heterocycles. The van der Waals surface area contributed by atoms with E-state index in [1.165, 1.54) is 4.68 Å². The van der Waals surface area contributed by atoms with Crippen LogP contribution in [-0.2, 0) is 11.3 Å². The van der Waals surface area contributed by atoms with E-state index in [0.29, 0.717) is 5.82 Å². The van der Waals surface area contributed by atoms with Gasteiger partial charge in [-0.1, -0.05) is 13.8 Å². The highest BCUT2D eigenvalue weighted by Gasteiger charge is 2.12. The third-order valence-electron chi connectivity index (χ3n) is 1.61. The van der Waals surface area contributed by atoms with E-state index in [0.717, 1.165) is 5.82 Å². The van der Waals surface area contributed by atoms with Crippen molar-refractivity contribution < 1.29 is 9.90 Å². The Hall–Kier alpha value is -1.39. The Balaban J connectivity index is 2.97. The summed E-state index contributed by atoms with van der Waals surface area (Å²) in [5.41, 5.74) is 0. The molecule has 0 saturated heterocycles. The lowest BCUT2D eigenvalue weighted by atomic mass is 10.2. The molecule has 13 heavy (non-hydrogen) atoms. The van der Waals surface area contributed by atoms with Gasteiger partial charge in [0.1, 0.15) is 18.2 Å². The van der Waals surface area contributed by atoms with Crippen molar-refractivity contribution in [3.63, 3.8) is 0 Å². The minimum Gasteiger partial charge on any atom is -0.480 e. The summed E-state index contributed by atoms with van der Waals surface area (Å²) in [5, 5.41) is 12.6. The maximum Gasteiger partial charge on any atom is 0.325 e. The molecule has 0 atom stereocenters.